The van der Waals surface area contributed by atoms with Crippen LogP contribution in [0.3, 0.4) is 0 Å². The second kappa shape index (κ2) is 18.3. The van der Waals surface area contributed by atoms with E-state index in [1.165, 1.54) is 19.9 Å². The Labute approximate surface area is 180 Å². The van der Waals surface area contributed by atoms with E-state index in [2.05, 4.69) is 30.3 Å². The molecule has 0 saturated carbocycles. The van der Waals surface area contributed by atoms with Crippen LogP contribution in [0.2, 0.25) is 0 Å². The van der Waals surface area contributed by atoms with E-state index >= 15 is 0 Å². The molecule has 0 radical (unpaired) electrons. The standard InChI is InChI=1S/C24H34O6/c1-4-22(29-20(2)25)16-14-15-18-23(30-21(3)26)17-12-10-8-6-5-7-9-11-13-19-24(27)28/h4,22-23H,1,5-13,17,19H2,2-3H3,(H,27,28). The first-order valence-corrected chi connectivity index (χ1v) is 10.5. The van der Waals surface area contributed by atoms with Gasteiger partial charge >= 0.3 is 17.9 Å². The molecule has 6 nitrogen and oxygen atoms in total. The first-order valence-electron chi connectivity index (χ1n) is 10.5. The van der Waals surface area contributed by atoms with Crippen molar-refractivity contribution in [3.63, 3.8) is 0 Å². The molecule has 166 valence electrons. The van der Waals surface area contributed by atoms with Crippen molar-refractivity contribution in [2.45, 2.75) is 96.7 Å². The van der Waals surface area contributed by atoms with E-state index in [1.54, 1.807) is 0 Å². The molecule has 0 bridgehead atoms. The maximum absolute atomic E-state index is 11.3. The van der Waals surface area contributed by atoms with E-state index < -0.39 is 24.1 Å². The van der Waals surface area contributed by atoms with Crippen molar-refractivity contribution in [1.29, 1.82) is 0 Å². The number of aliphatic carboxylic acids is 1. The molecule has 1 N–H and O–H groups in total. The van der Waals surface area contributed by atoms with Crippen LogP contribution in [0.15, 0.2) is 12.7 Å². The van der Waals surface area contributed by atoms with Crippen LogP contribution < -0.4 is 0 Å². The van der Waals surface area contributed by atoms with Gasteiger partial charge in [-0.15, -0.1) is 0 Å². The summed E-state index contributed by atoms with van der Waals surface area (Å²) in [4.78, 5) is 32.6. The summed E-state index contributed by atoms with van der Waals surface area (Å²) in [5.74, 6) is 9.23. The summed E-state index contributed by atoms with van der Waals surface area (Å²) in [7, 11) is 0. The van der Waals surface area contributed by atoms with Gasteiger partial charge in [-0.1, -0.05) is 51.5 Å². The van der Waals surface area contributed by atoms with Gasteiger partial charge in [-0.25, -0.2) is 0 Å². The number of carbonyl (C=O) groups is 3. The molecule has 0 aliphatic rings. The van der Waals surface area contributed by atoms with Gasteiger partial charge in [0, 0.05) is 20.3 Å². The van der Waals surface area contributed by atoms with Crippen LogP contribution in [0.1, 0.15) is 84.5 Å². The van der Waals surface area contributed by atoms with E-state index in [1.807, 2.05) is 0 Å². The quantitative estimate of drug-likeness (QED) is 0.183. The fraction of sp³-hybridized carbons (Fsp3) is 0.625. The number of carboxylic acids is 1. The Hall–Kier alpha value is -2.73. The summed E-state index contributed by atoms with van der Waals surface area (Å²) in [5.41, 5.74) is 0. The Balaban J connectivity index is 4.10. The van der Waals surface area contributed by atoms with Crippen molar-refractivity contribution in [2.75, 3.05) is 0 Å². The molecule has 2 atom stereocenters. The Bertz CT molecular complexity index is 659. The summed E-state index contributed by atoms with van der Waals surface area (Å²) in [5, 5.41) is 8.58. The molecule has 0 heterocycles. The maximum Gasteiger partial charge on any atom is 0.304 e. The summed E-state index contributed by atoms with van der Waals surface area (Å²) < 4.78 is 10.1. The molecule has 6 heteroatoms. The Kier molecular flexibility index (Phi) is 16.6. The van der Waals surface area contributed by atoms with Crippen LogP contribution in [0, 0.1) is 23.7 Å². The van der Waals surface area contributed by atoms with E-state index in [4.69, 9.17) is 14.6 Å². The minimum Gasteiger partial charge on any atom is -0.481 e. The highest BCUT2D eigenvalue weighted by Gasteiger charge is 2.08. The van der Waals surface area contributed by atoms with Crippen molar-refractivity contribution >= 4 is 17.9 Å². The van der Waals surface area contributed by atoms with E-state index in [0.717, 1.165) is 57.8 Å². The van der Waals surface area contributed by atoms with Gasteiger partial charge in [0.05, 0.1) is 0 Å². The topological polar surface area (TPSA) is 89.9 Å². The number of hydrogen-bond acceptors (Lipinski definition) is 5. The van der Waals surface area contributed by atoms with E-state index in [-0.39, 0.29) is 12.4 Å². The van der Waals surface area contributed by atoms with Gasteiger partial charge in [0.15, 0.2) is 12.2 Å². The number of esters is 2. The summed E-state index contributed by atoms with van der Waals surface area (Å²) in [6, 6.07) is 0. The SMILES string of the molecule is C=CC(C#CC#CC(CCCCCCCCCCCC(=O)O)OC(C)=O)OC(C)=O. The van der Waals surface area contributed by atoms with Gasteiger partial charge in [0.1, 0.15) is 0 Å². The van der Waals surface area contributed by atoms with Gasteiger partial charge in [0.25, 0.3) is 0 Å². The van der Waals surface area contributed by atoms with Gasteiger partial charge in [-0.3, -0.25) is 14.4 Å². The van der Waals surface area contributed by atoms with E-state index in [0.29, 0.717) is 6.42 Å². The average Bonchev–Trinajstić information content (AvgIpc) is 2.67. The Morgan fingerprint density at radius 1 is 0.833 bits per heavy atom. The number of carboxylic acid groups (broad SMARTS) is 1. The van der Waals surface area contributed by atoms with Crippen molar-refractivity contribution in [3.05, 3.63) is 12.7 Å². The van der Waals surface area contributed by atoms with Gasteiger partial charge in [-0.05, 0) is 49.0 Å². The van der Waals surface area contributed by atoms with Crippen LogP contribution in [-0.2, 0) is 23.9 Å². The summed E-state index contributed by atoms with van der Waals surface area (Å²) in [6.07, 6.45) is 10.4. The molecule has 2 unspecified atom stereocenters. The molecule has 0 aromatic rings. The lowest BCUT2D eigenvalue weighted by atomic mass is 10.0. The van der Waals surface area contributed by atoms with Gasteiger partial charge in [-0.2, -0.15) is 0 Å². The third-order valence-electron chi connectivity index (χ3n) is 4.18. The predicted octanol–water partition coefficient (Wildman–Crippen LogP) is 4.42. The van der Waals surface area contributed by atoms with Crippen LogP contribution in [0.25, 0.3) is 0 Å². The molecule has 0 aromatic heterocycles. The molecule has 0 aromatic carbocycles. The number of rotatable bonds is 15. The predicted molar refractivity (Wildman–Crippen MR) is 115 cm³/mol. The highest BCUT2D eigenvalue weighted by atomic mass is 16.5. The first kappa shape index (κ1) is 27.3. The van der Waals surface area contributed by atoms with Crippen molar-refractivity contribution in [2.24, 2.45) is 0 Å². The van der Waals surface area contributed by atoms with Crippen LogP contribution >= 0.6 is 0 Å². The van der Waals surface area contributed by atoms with Crippen LogP contribution in [0.4, 0.5) is 0 Å². The first-order chi connectivity index (χ1) is 14.3. The largest absolute Gasteiger partial charge is 0.481 e. The molecule has 0 rings (SSSR count). The fourth-order valence-corrected chi connectivity index (χ4v) is 2.74. The minimum absolute atomic E-state index is 0.263. The molecule has 0 fully saturated rings. The summed E-state index contributed by atoms with van der Waals surface area (Å²) in [6.45, 7) is 6.19. The smallest absolute Gasteiger partial charge is 0.304 e. The second-order valence-electron chi connectivity index (χ2n) is 7.02. The highest BCUT2D eigenvalue weighted by molar-refractivity contribution is 5.67. The van der Waals surface area contributed by atoms with Crippen LogP contribution in [-0.4, -0.2) is 35.2 Å². The monoisotopic (exact) mass is 418 g/mol. The lowest BCUT2D eigenvalue weighted by Gasteiger charge is -2.10. The molecule has 30 heavy (non-hydrogen) atoms. The Morgan fingerprint density at radius 3 is 1.83 bits per heavy atom. The number of ether oxygens (including phenoxy) is 2. The maximum atomic E-state index is 11.3. The third kappa shape index (κ3) is 18.6. The van der Waals surface area contributed by atoms with Gasteiger partial charge < -0.3 is 14.6 Å². The average molecular weight is 419 g/mol. The summed E-state index contributed by atoms with van der Waals surface area (Å²) >= 11 is 0. The number of unbranched alkanes of at least 4 members (excludes halogenated alkanes) is 8. The zero-order valence-electron chi connectivity index (χ0n) is 18.2. The van der Waals surface area contributed by atoms with Crippen LogP contribution in [0.5, 0.6) is 0 Å². The molecular formula is C24H34O6. The fourth-order valence-electron chi connectivity index (χ4n) is 2.74. The molecular weight excluding hydrogens is 384 g/mol. The van der Waals surface area contributed by atoms with E-state index in [9.17, 15) is 14.4 Å². The zero-order chi connectivity index (χ0) is 22.6. The number of hydrogen-bond donors (Lipinski definition) is 1. The van der Waals surface area contributed by atoms with Crippen molar-refractivity contribution < 1.29 is 29.0 Å². The number of carbonyl (C=O) groups excluding carboxylic acids is 2. The van der Waals surface area contributed by atoms with Crippen molar-refractivity contribution in [1.82, 2.24) is 0 Å². The molecule has 0 aliphatic carbocycles. The molecule has 0 aliphatic heterocycles. The normalized spacial score (nSPS) is 11.7. The van der Waals surface area contributed by atoms with Gasteiger partial charge in [0.2, 0.25) is 0 Å². The van der Waals surface area contributed by atoms with Crippen molar-refractivity contribution in [3.8, 4) is 23.7 Å². The minimum atomic E-state index is -0.721. The molecule has 0 amide bonds. The molecule has 0 saturated heterocycles. The Morgan fingerprint density at radius 2 is 1.33 bits per heavy atom. The second-order valence-corrected chi connectivity index (χ2v) is 7.02. The lowest BCUT2D eigenvalue weighted by molar-refractivity contribution is -0.144. The molecule has 0 spiro atoms. The highest BCUT2D eigenvalue weighted by Crippen LogP contribution is 2.13. The lowest BCUT2D eigenvalue weighted by Crippen LogP contribution is -2.14. The third-order valence-corrected chi connectivity index (χ3v) is 4.18. The zero-order valence-corrected chi connectivity index (χ0v) is 18.2.